The van der Waals surface area contributed by atoms with Gasteiger partial charge in [0.15, 0.2) is 0 Å². The molecule has 0 aliphatic heterocycles. The van der Waals surface area contributed by atoms with Crippen molar-refractivity contribution >= 4 is 57.6 Å². The second-order valence-corrected chi connectivity index (χ2v) is 7.77. The molecule has 1 aromatic rings. The quantitative estimate of drug-likeness (QED) is 0.253. The minimum atomic E-state index is -4.61. The van der Waals surface area contributed by atoms with E-state index < -0.39 is 45.3 Å². The number of carbonyl (C=O) groups is 2. The number of rotatable bonds is 10. The van der Waals surface area contributed by atoms with Crippen molar-refractivity contribution < 1.29 is 27.3 Å². The second kappa shape index (κ2) is 12.8. The summed E-state index contributed by atoms with van der Waals surface area (Å²) >= 11 is 0. The van der Waals surface area contributed by atoms with Gasteiger partial charge in [0.25, 0.3) is 10.1 Å². The fourth-order valence-electron chi connectivity index (χ4n) is 2.80. The molecule has 1 aromatic carbocycles. The van der Waals surface area contributed by atoms with Crippen LogP contribution in [-0.4, -0.2) is 71.8 Å². The van der Waals surface area contributed by atoms with Crippen LogP contribution in [0.5, 0.6) is 0 Å². The molecule has 0 bridgehead atoms. The van der Waals surface area contributed by atoms with Gasteiger partial charge in [0.05, 0.1) is 6.04 Å². The van der Waals surface area contributed by atoms with E-state index >= 15 is 0 Å². The van der Waals surface area contributed by atoms with Gasteiger partial charge < -0.3 is 10.1 Å². The molecule has 154 valence electrons. The molecular formula is C20H26NNaO6S. The van der Waals surface area contributed by atoms with Crippen molar-refractivity contribution in [3.05, 3.63) is 67.3 Å². The third-order valence-corrected chi connectivity index (χ3v) is 5.65. The normalized spacial score (nSPS) is 15.3. The first-order valence-electron chi connectivity index (χ1n) is 8.55. The molecule has 0 saturated heterocycles. The molecule has 0 aromatic heterocycles. The van der Waals surface area contributed by atoms with Gasteiger partial charge in [-0.3, -0.25) is 9.35 Å². The van der Waals surface area contributed by atoms with E-state index in [9.17, 15) is 22.6 Å². The van der Waals surface area contributed by atoms with Gasteiger partial charge in [-0.1, -0.05) is 62.6 Å². The predicted molar refractivity (Wildman–Crippen MR) is 115 cm³/mol. The van der Waals surface area contributed by atoms with Gasteiger partial charge in [0, 0.05) is 12.0 Å². The van der Waals surface area contributed by atoms with E-state index in [-0.39, 0.29) is 29.6 Å². The zero-order valence-corrected chi connectivity index (χ0v) is 16.6. The van der Waals surface area contributed by atoms with Crippen molar-refractivity contribution in [2.45, 2.75) is 31.2 Å². The van der Waals surface area contributed by atoms with Gasteiger partial charge in [0.2, 0.25) is 5.91 Å². The standard InChI is InChI=1S/C20H25NO6S.Na.H/c1-5-18(22)21-17(13-12-16-10-8-7-9-11-16)14(3)20(28(24,25)26)15(4)27-19(23)6-2;;/h5-15,17,20H,1-2H2,3-4H3,(H,21,22)(H,24,25,26);;. The summed E-state index contributed by atoms with van der Waals surface area (Å²) in [5, 5.41) is 1.15. The fraction of sp³-hybridized carbons (Fsp3) is 0.300. The van der Waals surface area contributed by atoms with Gasteiger partial charge in [-0.25, -0.2) is 4.79 Å². The van der Waals surface area contributed by atoms with Crippen LogP contribution in [0.25, 0.3) is 6.08 Å². The molecule has 0 aliphatic carbocycles. The van der Waals surface area contributed by atoms with Crippen molar-refractivity contribution in [1.82, 2.24) is 5.32 Å². The molecule has 0 saturated carbocycles. The number of hydrogen-bond acceptors (Lipinski definition) is 5. The van der Waals surface area contributed by atoms with Crippen LogP contribution in [0.2, 0.25) is 0 Å². The number of hydrogen-bond donors (Lipinski definition) is 2. The summed E-state index contributed by atoms with van der Waals surface area (Å²) in [5.74, 6) is -2.18. The second-order valence-electron chi connectivity index (χ2n) is 6.19. The summed E-state index contributed by atoms with van der Waals surface area (Å²) in [6, 6.07) is 8.39. The van der Waals surface area contributed by atoms with E-state index in [0.717, 1.165) is 17.7 Å². The zero-order chi connectivity index (χ0) is 21.3. The molecule has 1 rings (SSSR count). The van der Waals surface area contributed by atoms with Gasteiger partial charge in [0.1, 0.15) is 11.4 Å². The van der Waals surface area contributed by atoms with E-state index in [1.165, 1.54) is 13.8 Å². The van der Waals surface area contributed by atoms with Crippen molar-refractivity contribution in [1.29, 1.82) is 0 Å². The summed E-state index contributed by atoms with van der Waals surface area (Å²) in [6.07, 6.45) is 4.10. The van der Waals surface area contributed by atoms with Crippen LogP contribution in [-0.2, 0) is 24.4 Å². The molecule has 1 amide bonds. The number of ether oxygens (including phenoxy) is 1. The zero-order valence-electron chi connectivity index (χ0n) is 15.8. The Hall–Kier alpha value is -1.71. The van der Waals surface area contributed by atoms with Gasteiger partial charge in [-0.2, -0.15) is 8.42 Å². The average Bonchev–Trinajstić information content (AvgIpc) is 2.64. The number of amides is 1. The van der Waals surface area contributed by atoms with Crippen molar-refractivity contribution in [3.8, 4) is 0 Å². The first-order chi connectivity index (χ1) is 13.1. The van der Waals surface area contributed by atoms with Crippen LogP contribution < -0.4 is 5.32 Å². The van der Waals surface area contributed by atoms with E-state index in [1.54, 1.807) is 12.2 Å². The summed E-state index contributed by atoms with van der Waals surface area (Å²) < 4.78 is 38.7. The molecular weight excluding hydrogens is 405 g/mol. The molecule has 0 heterocycles. The Labute approximate surface area is 194 Å². The minimum absolute atomic E-state index is 0. The molecule has 0 spiro atoms. The number of esters is 1. The van der Waals surface area contributed by atoms with Crippen LogP contribution in [0.3, 0.4) is 0 Å². The summed E-state index contributed by atoms with van der Waals surface area (Å²) in [7, 11) is -4.61. The predicted octanol–water partition coefficient (Wildman–Crippen LogP) is 1.73. The van der Waals surface area contributed by atoms with E-state index in [4.69, 9.17) is 4.74 Å². The van der Waals surface area contributed by atoms with Crippen LogP contribution in [0, 0.1) is 5.92 Å². The first-order valence-corrected chi connectivity index (χ1v) is 10.1. The summed E-state index contributed by atoms with van der Waals surface area (Å²) in [4.78, 5) is 23.3. The Balaban J connectivity index is 0.00000784. The molecule has 9 heteroatoms. The van der Waals surface area contributed by atoms with Crippen molar-refractivity contribution in [2.24, 2.45) is 5.92 Å². The van der Waals surface area contributed by atoms with Crippen LogP contribution in [0.4, 0.5) is 0 Å². The monoisotopic (exact) mass is 431 g/mol. The number of carbonyl (C=O) groups excluding carboxylic acids is 2. The third-order valence-electron chi connectivity index (χ3n) is 4.15. The Kier molecular flexibility index (Phi) is 12.0. The average molecular weight is 431 g/mol. The van der Waals surface area contributed by atoms with E-state index in [0.29, 0.717) is 0 Å². The molecule has 0 aliphatic rings. The Morgan fingerprint density at radius 3 is 2.21 bits per heavy atom. The first kappa shape index (κ1) is 27.3. The Morgan fingerprint density at radius 1 is 1.14 bits per heavy atom. The number of benzene rings is 1. The van der Waals surface area contributed by atoms with Crippen LogP contribution in [0.15, 0.2) is 61.7 Å². The maximum absolute atomic E-state index is 12.0. The summed E-state index contributed by atoms with van der Waals surface area (Å²) in [5.41, 5.74) is 0.835. The number of nitrogens with one attached hydrogen (secondary N) is 1. The van der Waals surface area contributed by atoms with Crippen LogP contribution in [0.1, 0.15) is 19.4 Å². The SMILES string of the molecule is C=CC(=O)NC(C=Cc1ccccc1)C(C)C(C(C)OC(=O)C=C)S(=O)(=O)O.[NaH]. The molecule has 0 radical (unpaired) electrons. The molecule has 0 fully saturated rings. The van der Waals surface area contributed by atoms with Crippen molar-refractivity contribution in [3.63, 3.8) is 0 Å². The van der Waals surface area contributed by atoms with E-state index in [1.807, 2.05) is 30.3 Å². The third kappa shape index (κ3) is 9.10. The summed E-state index contributed by atoms with van der Waals surface area (Å²) in [6.45, 7) is 9.53. The Morgan fingerprint density at radius 2 is 1.72 bits per heavy atom. The maximum atomic E-state index is 12.0. The molecule has 7 nitrogen and oxygen atoms in total. The molecule has 29 heavy (non-hydrogen) atoms. The van der Waals surface area contributed by atoms with Gasteiger partial charge in [-0.05, 0) is 18.6 Å². The molecule has 4 unspecified atom stereocenters. The Bertz CT molecular complexity index is 838. The molecule has 4 atom stereocenters. The van der Waals surface area contributed by atoms with E-state index in [2.05, 4.69) is 18.5 Å². The van der Waals surface area contributed by atoms with Gasteiger partial charge >= 0.3 is 35.5 Å². The van der Waals surface area contributed by atoms with Gasteiger partial charge in [-0.15, -0.1) is 0 Å². The van der Waals surface area contributed by atoms with Crippen LogP contribution >= 0.6 is 0 Å². The van der Waals surface area contributed by atoms with Crippen molar-refractivity contribution in [2.75, 3.05) is 0 Å². The fourth-order valence-corrected chi connectivity index (χ4v) is 4.05. The topological polar surface area (TPSA) is 110 Å². The molecule has 2 N–H and O–H groups in total.